The second kappa shape index (κ2) is 4.00. The van der Waals surface area contributed by atoms with Crippen LogP contribution in [0, 0.1) is 6.92 Å². The van der Waals surface area contributed by atoms with Gasteiger partial charge in [0, 0.05) is 25.5 Å². The van der Waals surface area contributed by atoms with Gasteiger partial charge in [0.2, 0.25) is 5.95 Å². The van der Waals surface area contributed by atoms with Crippen LogP contribution in [0.25, 0.3) is 0 Å². The van der Waals surface area contributed by atoms with Gasteiger partial charge in [-0.05, 0) is 20.8 Å². The molecule has 5 nitrogen and oxygen atoms in total. The number of rotatable bonds is 3. The molecule has 5 heteroatoms. The molecule has 2 aromatic rings. The third-order valence-corrected chi connectivity index (χ3v) is 2.37. The highest BCUT2D eigenvalue weighted by Gasteiger charge is 2.09. The predicted octanol–water partition coefficient (Wildman–Crippen LogP) is 2.25. The maximum atomic E-state index is 4.45. The van der Waals surface area contributed by atoms with E-state index in [2.05, 4.69) is 33.8 Å². The van der Waals surface area contributed by atoms with Gasteiger partial charge in [-0.15, -0.1) is 0 Å². The molecule has 2 heterocycles. The summed E-state index contributed by atoms with van der Waals surface area (Å²) >= 11 is 0. The Bertz CT molecular complexity index is 480. The van der Waals surface area contributed by atoms with Crippen LogP contribution in [-0.2, 0) is 7.05 Å². The highest BCUT2D eigenvalue weighted by Crippen LogP contribution is 2.19. The topological polar surface area (TPSA) is 47.7 Å². The van der Waals surface area contributed by atoms with Gasteiger partial charge >= 0.3 is 0 Å². The van der Waals surface area contributed by atoms with Gasteiger partial charge in [0.1, 0.15) is 0 Å². The summed E-state index contributed by atoms with van der Waals surface area (Å²) < 4.78 is 3.88. The fourth-order valence-electron chi connectivity index (χ4n) is 1.62. The Hall–Kier alpha value is -1.78. The molecule has 0 aromatic carbocycles. The summed E-state index contributed by atoms with van der Waals surface area (Å²) in [7, 11) is 1.89. The Labute approximate surface area is 95.1 Å². The minimum Gasteiger partial charge on any atom is -0.323 e. The minimum absolute atomic E-state index is 0.389. The number of hydrogen-bond acceptors (Lipinski definition) is 3. The molecule has 0 saturated heterocycles. The van der Waals surface area contributed by atoms with Gasteiger partial charge in [-0.3, -0.25) is 4.68 Å². The molecule has 0 unspecified atom stereocenters. The van der Waals surface area contributed by atoms with Gasteiger partial charge in [0.25, 0.3) is 0 Å². The van der Waals surface area contributed by atoms with Crippen LogP contribution in [0.2, 0.25) is 0 Å². The lowest BCUT2D eigenvalue weighted by atomic mass is 10.4. The lowest BCUT2D eigenvalue weighted by molar-refractivity contribution is 0.607. The van der Waals surface area contributed by atoms with Crippen molar-refractivity contribution < 1.29 is 0 Å². The summed E-state index contributed by atoms with van der Waals surface area (Å²) in [4.78, 5) is 4.45. The van der Waals surface area contributed by atoms with Crippen molar-refractivity contribution >= 4 is 11.6 Å². The zero-order valence-electron chi connectivity index (χ0n) is 10.1. The molecular formula is C11H17N5. The molecule has 0 bridgehead atoms. The first-order valence-electron chi connectivity index (χ1n) is 5.37. The Kier molecular flexibility index (Phi) is 2.68. The van der Waals surface area contributed by atoms with Crippen molar-refractivity contribution in [3.8, 4) is 0 Å². The van der Waals surface area contributed by atoms with Crippen LogP contribution in [0.4, 0.5) is 11.6 Å². The Morgan fingerprint density at radius 1 is 1.31 bits per heavy atom. The van der Waals surface area contributed by atoms with Gasteiger partial charge in [0.15, 0.2) is 0 Å². The zero-order valence-corrected chi connectivity index (χ0v) is 10.1. The van der Waals surface area contributed by atoms with Gasteiger partial charge in [0.05, 0.1) is 17.6 Å². The summed E-state index contributed by atoms with van der Waals surface area (Å²) in [6, 6.07) is 0.389. The molecule has 0 saturated carbocycles. The third kappa shape index (κ3) is 2.08. The second-order valence-electron chi connectivity index (χ2n) is 4.23. The quantitative estimate of drug-likeness (QED) is 0.861. The molecule has 0 aliphatic rings. The van der Waals surface area contributed by atoms with Crippen LogP contribution in [0.5, 0.6) is 0 Å². The van der Waals surface area contributed by atoms with Crippen molar-refractivity contribution in [1.82, 2.24) is 19.3 Å². The minimum atomic E-state index is 0.389. The standard InChI is InChI=1S/C11H17N5/c1-8(2)16-6-9(3)13-11(16)14-10-5-12-15(4)7-10/h5-8H,1-4H3,(H,13,14). The van der Waals surface area contributed by atoms with Crippen molar-refractivity contribution in [2.45, 2.75) is 26.8 Å². The molecule has 0 spiro atoms. The van der Waals surface area contributed by atoms with E-state index in [1.54, 1.807) is 10.9 Å². The van der Waals surface area contributed by atoms with E-state index in [1.807, 2.05) is 26.4 Å². The summed E-state index contributed by atoms with van der Waals surface area (Å²) in [6.07, 6.45) is 5.76. The summed E-state index contributed by atoms with van der Waals surface area (Å²) in [5.74, 6) is 0.862. The van der Waals surface area contributed by atoms with Gasteiger partial charge in [-0.25, -0.2) is 4.98 Å². The fourth-order valence-corrected chi connectivity index (χ4v) is 1.62. The average Bonchev–Trinajstić information content (AvgIpc) is 2.74. The van der Waals surface area contributed by atoms with Crippen LogP contribution in [0.3, 0.4) is 0 Å². The lowest BCUT2D eigenvalue weighted by Crippen LogP contribution is -2.04. The molecule has 0 fully saturated rings. The van der Waals surface area contributed by atoms with Crippen molar-refractivity contribution in [3.63, 3.8) is 0 Å². The molecule has 0 aliphatic heterocycles. The molecule has 0 amide bonds. The van der Waals surface area contributed by atoms with Crippen molar-refractivity contribution in [1.29, 1.82) is 0 Å². The number of hydrogen-bond donors (Lipinski definition) is 1. The maximum Gasteiger partial charge on any atom is 0.207 e. The van der Waals surface area contributed by atoms with E-state index in [0.29, 0.717) is 6.04 Å². The SMILES string of the molecule is Cc1cn(C(C)C)c(Nc2cnn(C)c2)n1. The third-order valence-electron chi connectivity index (χ3n) is 2.37. The molecule has 2 aromatic heterocycles. The fraction of sp³-hybridized carbons (Fsp3) is 0.455. The van der Waals surface area contributed by atoms with Crippen LogP contribution in [-0.4, -0.2) is 19.3 Å². The maximum absolute atomic E-state index is 4.45. The number of imidazole rings is 1. The molecule has 1 N–H and O–H groups in total. The summed E-state index contributed by atoms with van der Waals surface area (Å²) in [5.41, 5.74) is 1.97. The largest absolute Gasteiger partial charge is 0.323 e. The number of anilines is 2. The Morgan fingerprint density at radius 3 is 2.62 bits per heavy atom. The van der Waals surface area contributed by atoms with Gasteiger partial charge in [-0.2, -0.15) is 5.10 Å². The van der Waals surface area contributed by atoms with Gasteiger partial charge < -0.3 is 9.88 Å². The van der Waals surface area contributed by atoms with Crippen LogP contribution in [0.15, 0.2) is 18.6 Å². The molecule has 0 aliphatic carbocycles. The molecule has 0 radical (unpaired) electrons. The highest BCUT2D eigenvalue weighted by molar-refractivity contribution is 5.51. The number of nitrogens with zero attached hydrogens (tertiary/aromatic N) is 4. The lowest BCUT2D eigenvalue weighted by Gasteiger charge is -2.11. The van der Waals surface area contributed by atoms with Gasteiger partial charge in [-0.1, -0.05) is 0 Å². The smallest absolute Gasteiger partial charge is 0.207 e. The molecular weight excluding hydrogens is 202 g/mol. The van der Waals surface area contributed by atoms with Crippen molar-refractivity contribution in [2.24, 2.45) is 7.05 Å². The normalized spacial score (nSPS) is 11.1. The summed E-state index contributed by atoms with van der Waals surface area (Å²) in [6.45, 7) is 6.26. The Morgan fingerprint density at radius 2 is 2.06 bits per heavy atom. The first-order chi connectivity index (χ1) is 7.56. The molecule has 0 atom stereocenters. The second-order valence-corrected chi connectivity index (χ2v) is 4.23. The van der Waals surface area contributed by atoms with Crippen molar-refractivity contribution in [2.75, 3.05) is 5.32 Å². The predicted molar refractivity (Wildman–Crippen MR) is 63.8 cm³/mol. The van der Waals surface area contributed by atoms with Crippen molar-refractivity contribution in [3.05, 3.63) is 24.3 Å². The number of aryl methyl sites for hydroxylation is 2. The van der Waals surface area contributed by atoms with E-state index in [9.17, 15) is 0 Å². The van der Waals surface area contributed by atoms with E-state index in [0.717, 1.165) is 17.3 Å². The van der Waals surface area contributed by atoms with E-state index in [4.69, 9.17) is 0 Å². The number of aromatic nitrogens is 4. The van der Waals surface area contributed by atoms with Crippen LogP contribution in [0.1, 0.15) is 25.6 Å². The number of nitrogens with one attached hydrogen (secondary N) is 1. The summed E-state index contributed by atoms with van der Waals surface area (Å²) in [5, 5.41) is 7.38. The first kappa shape index (κ1) is 10.7. The highest BCUT2D eigenvalue weighted by atomic mass is 15.3. The first-order valence-corrected chi connectivity index (χ1v) is 5.37. The van der Waals surface area contributed by atoms with E-state index in [-0.39, 0.29) is 0 Å². The molecule has 86 valence electrons. The van der Waals surface area contributed by atoms with E-state index in [1.165, 1.54) is 0 Å². The van der Waals surface area contributed by atoms with Crippen LogP contribution >= 0.6 is 0 Å². The molecule has 2 rings (SSSR count). The Balaban J connectivity index is 2.27. The van der Waals surface area contributed by atoms with Crippen LogP contribution < -0.4 is 5.32 Å². The average molecular weight is 219 g/mol. The van der Waals surface area contributed by atoms with E-state index < -0.39 is 0 Å². The zero-order chi connectivity index (χ0) is 11.7. The molecule has 16 heavy (non-hydrogen) atoms. The monoisotopic (exact) mass is 219 g/mol. The van der Waals surface area contributed by atoms with E-state index >= 15 is 0 Å².